The van der Waals surface area contributed by atoms with Crippen molar-refractivity contribution >= 4 is 21.6 Å². The second-order valence-corrected chi connectivity index (χ2v) is 7.83. The summed E-state index contributed by atoms with van der Waals surface area (Å²) >= 11 is 3.08. The number of benzene rings is 2. The standard InChI is InChI=1S/C22H19BrF4N2O3/c1-12-7-19(32-11-13-3-4-14(24)8-16(13)25)20(23)22(31)29(12)21-17(26)9-15(10-18(21)27)28(2)5-6-30/h3-4,7-10,30H,5-6,11H2,1-2H3. The SMILES string of the molecule is Cc1cc(OCc2ccc(F)cc2F)c(Br)c(=O)n1-c1c(F)cc(N(C)CCO)cc1F. The van der Waals surface area contributed by atoms with E-state index in [-0.39, 0.29) is 46.9 Å². The van der Waals surface area contributed by atoms with Gasteiger partial charge in [-0.25, -0.2) is 17.6 Å². The van der Waals surface area contributed by atoms with Gasteiger partial charge in [-0.05, 0) is 47.1 Å². The zero-order valence-electron chi connectivity index (χ0n) is 17.1. The van der Waals surface area contributed by atoms with Gasteiger partial charge in [0.05, 0.1) is 6.61 Å². The van der Waals surface area contributed by atoms with Gasteiger partial charge in [0.25, 0.3) is 5.56 Å². The summed E-state index contributed by atoms with van der Waals surface area (Å²) in [4.78, 5) is 14.4. The summed E-state index contributed by atoms with van der Waals surface area (Å²) in [5.74, 6) is -3.44. The molecule has 0 spiro atoms. The van der Waals surface area contributed by atoms with E-state index in [0.717, 1.165) is 22.8 Å². The Morgan fingerprint density at radius 3 is 2.31 bits per heavy atom. The van der Waals surface area contributed by atoms with Crippen LogP contribution in [0.25, 0.3) is 5.69 Å². The van der Waals surface area contributed by atoms with E-state index in [2.05, 4.69) is 15.9 Å². The van der Waals surface area contributed by atoms with Crippen LogP contribution in [-0.4, -0.2) is 29.9 Å². The number of pyridine rings is 1. The van der Waals surface area contributed by atoms with Gasteiger partial charge < -0.3 is 14.7 Å². The monoisotopic (exact) mass is 514 g/mol. The summed E-state index contributed by atoms with van der Waals surface area (Å²) in [6.07, 6.45) is 0. The minimum atomic E-state index is -0.969. The molecular weight excluding hydrogens is 496 g/mol. The molecule has 0 unspecified atom stereocenters. The Morgan fingerprint density at radius 1 is 1.06 bits per heavy atom. The highest BCUT2D eigenvalue weighted by Crippen LogP contribution is 2.29. The van der Waals surface area contributed by atoms with Crippen molar-refractivity contribution in [3.63, 3.8) is 0 Å². The van der Waals surface area contributed by atoms with Crippen LogP contribution in [0.5, 0.6) is 5.75 Å². The maximum absolute atomic E-state index is 14.8. The third-order valence-electron chi connectivity index (χ3n) is 4.80. The molecule has 0 aliphatic heterocycles. The number of ether oxygens (including phenoxy) is 1. The molecule has 1 N–H and O–H groups in total. The molecule has 0 saturated carbocycles. The third-order valence-corrected chi connectivity index (χ3v) is 5.53. The number of nitrogens with zero attached hydrogens (tertiary/aromatic N) is 2. The molecule has 0 saturated heterocycles. The predicted octanol–water partition coefficient (Wildman–Crippen LogP) is 4.47. The van der Waals surface area contributed by atoms with Crippen molar-refractivity contribution in [2.75, 3.05) is 25.1 Å². The first kappa shape index (κ1) is 23.8. The van der Waals surface area contributed by atoms with E-state index in [1.807, 2.05) is 0 Å². The van der Waals surface area contributed by atoms with E-state index < -0.39 is 34.5 Å². The number of hydrogen-bond donors (Lipinski definition) is 1. The number of hydrogen-bond acceptors (Lipinski definition) is 4. The van der Waals surface area contributed by atoms with Gasteiger partial charge in [-0.1, -0.05) is 0 Å². The van der Waals surface area contributed by atoms with Crippen LogP contribution in [0.4, 0.5) is 23.2 Å². The van der Waals surface area contributed by atoms with Crippen molar-refractivity contribution in [3.05, 3.63) is 85.8 Å². The van der Waals surface area contributed by atoms with Gasteiger partial charge in [-0.3, -0.25) is 9.36 Å². The number of rotatable bonds is 7. The van der Waals surface area contributed by atoms with Crippen LogP contribution >= 0.6 is 15.9 Å². The van der Waals surface area contributed by atoms with Crippen LogP contribution in [-0.2, 0) is 6.61 Å². The Labute approximate surface area is 189 Å². The van der Waals surface area contributed by atoms with Gasteiger partial charge in [0.2, 0.25) is 0 Å². The summed E-state index contributed by atoms with van der Waals surface area (Å²) in [6.45, 7) is 1.14. The smallest absolute Gasteiger partial charge is 0.273 e. The zero-order chi connectivity index (χ0) is 23.6. The van der Waals surface area contributed by atoms with Crippen molar-refractivity contribution in [2.45, 2.75) is 13.5 Å². The maximum Gasteiger partial charge on any atom is 0.273 e. The highest BCUT2D eigenvalue weighted by molar-refractivity contribution is 9.10. The van der Waals surface area contributed by atoms with E-state index in [1.54, 1.807) is 7.05 Å². The summed E-state index contributed by atoms with van der Waals surface area (Å²) in [7, 11) is 1.56. The summed E-state index contributed by atoms with van der Waals surface area (Å²) in [5.41, 5.74) is -0.912. The molecule has 0 bridgehead atoms. The lowest BCUT2D eigenvalue weighted by Crippen LogP contribution is -2.25. The molecule has 3 aromatic rings. The molecule has 170 valence electrons. The molecule has 1 heterocycles. The van der Waals surface area contributed by atoms with Crippen LogP contribution < -0.4 is 15.2 Å². The molecule has 0 radical (unpaired) electrons. The summed E-state index contributed by atoms with van der Waals surface area (Å²) < 4.78 is 62.8. The molecule has 2 aromatic carbocycles. The second kappa shape index (κ2) is 9.74. The van der Waals surface area contributed by atoms with Gasteiger partial charge in [-0.15, -0.1) is 0 Å². The minimum absolute atomic E-state index is 0.0348. The normalized spacial score (nSPS) is 11.0. The number of aryl methyl sites for hydroxylation is 1. The first-order valence-electron chi connectivity index (χ1n) is 9.44. The molecule has 0 aliphatic rings. The van der Waals surface area contributed by atoms with E-state index in [0.29, 0.717) is 6.07 Å². The van der Waals surface area contributed by atoms with E-state index in [9.17, 15) is 22.4 Å². The average molecular weight is 515 g/mol. The summed E-state index contributed by atoms with van der Waals surface area (Å²) in [5, 5.41) is 9.01. The largest absolute Gasteiger partial charge is 0.487 e. The first-order valence-corrected chi connectivity index (χ1v) is 10.2. The lowest BCUT2D eigenvalue weighted by atomic mass is 10.2. The maximum atomic E-state index is 14.8. The number of aliphatic hydroxyl groups excluding tert-OH is 1. The molecule has 0 atom stereocenters. The van der Waals surface area contributed by atoms with Crippen molar-refractivity contribution < 1.29 is 27.4 Å². The summed E-state index contributed by atoms with van der Waals surface area (Å²) in [6, 6.07) is 6.51. The van der Waals surface area contributed by atoms with Crippen molar-refractivity contribution in [3.8, 4) is 11.4 Å². The van der Waals surface area contributed by atoms with Crippen LogP contribution in [0, 0.1) is 30.2 Å². The highest BCUT2D eigenvalue weighted by Gasteiger charge is 2.21. The Hall–Kier alpha value is -2.85. The Morgan fingerprint density at radius 2 is 1.72 bits per heavy atom. The van der Waals surface area contributed by atoms with E-state index in [4.69, 9.17) is 9.84 Å². The van der Waals surface area contributed by atoms with Gasteiger partial charge in [-0.2, -0.15) is 0 Å². The highest BCUT2D eigenvalue weighted by atomic mass is 79.9. The molecule has 0 amide bonds. The molecule has 0 aliphatic carbocycles. The minimum Gasteiger partial charge on any atom is -0.487 e. The molecule has 3 rings (SSSR count). The number of halogens is 5. The fraction of sp³-hybridized carbons (Fsp3) is 0.227. The van der Waals surface area contributed by atoms with Crippen LogP contribution in [0.3, 0.4) is 0 Å². The molecule has 1 aromatic heterocycles. The molecule has 10 heteroatoms. The second-order valence-electron chi connectivity index (χ2n) is 7.03. The molecular formula is C22H19BrF4N2O3. The third kappa shape index (κ3) is 4.81. The van der Waals surface area contributed by atoms with Gasteiger partial charge in [0.1, 0.15) is 34.2 Å². The van der Waals surface area contributed by atoms with Gasteiger partial charge >= 0.3 is 0 Å². The van der Waals surface area contributed by atoms with Crippen molar-refractivity contribution in [2.24, 2.45) is 0 Å². The van der Waals surface area contributed by atoms with Crippen LogP contribution in [0.1, 0.15) is 11.3 Å². The molecule has 32 heavy (non-hydrogen) atoms. The number of aromatic nitrogens is 1. The Balaban J connectivity index is 1.98. The lowest BCUT2D eigenvalue weighted by molar-refractivity contribution is 0.296. The Bertz CT molecular complexity index is 1190. The first-order chi connectivity index (χ1) is 15.1. The van der Waals surface area contributed by atoms with Crippen molar-refractivity contribution in [1.29, 1.82) is 0 Å². The predicted molar refractivity (Wildman–Crippen MR) is 115 cm³/mol. The van der Waals surface area contributed by atoms with Gasteiger partial charge in [0, 0.05) is 42.7 Å². The quantitative estimate of drug-likeness (QED) is 0.472. The van der Waals surface area contributed by atoms with Gasteiger partial charge in [0.15, 0.2) is 11.6 Å². The fourth-order valence-corrected chi connectivity index (χ4v) is 3.53. The fourth-order valence-electron chi connectivity index (χ4n) is 3.12. The Kier molecular flexibility index (Phi) is 7.25. The topological polar surface area (TPSA) is 54.7 Å². The van der Waals surface area contributed by atoms with Crippen LogP contribution in [0.2, 0.25) is 0 Å². The molecule has 5 nitrogen and oxygen atoms in total. The number of likely N-dealkylation sites (N-methyl/N-ethyl adjacent to an activating group) is 1. The zero-order valence-corrected chi connectivity index (χ0v) is 18.7. The number of aliphatic hydroxyl groups is 1. The van der Waals surface area contributed by atoms with Crippen LogP contribution in [0.15, 0.2) is 45.7 Å². The van der Waals surface area contributed by atoms with E-state index in [1.165, 1.54) is 24.0 Å². The van der Waals surface area contributed by atoms with Crippen molar-refractivity contribution in [1.82, 2.24) is 4.57 Å². The van der Waals surface area contributed by atoms with E-state index >= 15 is 0 Å². The number of anilines is 1. The lowest BCUT2D eigenvalue weighted by Gasteiger charge is -2.20. The molecule has 0 fully saturated rings. The average Bonchev–Trinajstić information content (AvgIpc) is 2.72.